The quantitative estimate of drug-likeness (QED) is 0.867. The third-order valence-corrected chi connectivity index (χ3v) is 3.80. The molecule has 110 valence electrons. The van der Waals surface area contributed by atoms with Gasteiger partial charge in [0.05, 0.1) is 0 Å². The second-order valence-electron chi connectivity index (χ2n) is 5.36. The van der Waals surface area contributed by atoms with Crippen LogP contribution >= 0.6 is 0 Å². The lowest BCUT2D eigenvalue weighted by Gasteiger charge is -2.29. The van der Waals surface area contributed by atoms with Crippen LogP contribution in [0.3, 0.4) is 0 Å². The lowest BCUT2D eigenvalue weighted by Crippen LogP contribution is -2.43. The number of aromatic amines is 1. The summed E-state index contributed by atoms with van der Waals surface area (Å²) in [5.74, 6) is 0.501. The zero-order valence-electron chi connectivity index (χ0n) is 11.9. The Bertz CT molecular complexity index is 586. The Balaban J connectivity index is 1.62. The summed E-state index contributed by atoms with van der Waals surface area (Å²) in [6.07, 6.45) is 2.01. The molecule has 1 fully saturated rings. The van der Waals surface area contributed by atoms with Crippen LogP contribution in [0.15, 0.2) is 24.3 Å². The van der Waals surface area contributed by atoms with E-state index in [1.54, 1.807) is 12.1 Å². The van der Waals surface area contributed by atoms with Crippen LogP contribution < -0.4 is 5.32 Å². The van der Waals surface area contributed by atoms with Crippen molar-refractivity contribution in [2.24, 2.45) is 0 Å². The predicted octanol–water partition coefficient (Wildman–Crippen LogP) is 0.691. The number of hydrogen-bond donors (Lipinski definition) is 2. The molecule has 1 aliphatic heterocycles. The molecule has 0 bridgehead atoms. The van der Waals surface area contributed by atoms with Gasteiger partial charge < -0.3 is 10.2 Å². The Morgan fingerprint density at radius 3 is 2.62 bits per heavy atom. The number of carbonyl (C=O) groups is 1. The van der Waals surface area contributed by atoms with Gasteiger partial charge in [-0.2, -0.15) is 5.21 Å². The third kappa shape index (κ3) is 3.25. The molecular formula is C14H18N6O. The van der Waals surface area contributed by atoms with Gasteiger partial charge in [0, 0.05) is 17.2 Å². The van der Waals surface area contributed by atoms with E-state index in [1.807, 2.05) is 12.1 Å². The molecule has 0 atom stereocenters. The molecule has 0 unspecified atom stereocenters. The minimum absolute atomic E-state index is 0.0239. The number of rotatable bonds is 3. The van der Waals surface area contributed by atoms with Crippen molar-refractivity contribution in [1.82, 2.24) is 30.8 Å². The van der Waals surface area contributed by atoms with Gasteiger partial charge >= 0.3 is 0 Å². The third-order valence-electron chi connectivity index (χ3n) is 3.80. The van der Waals surface area contributed by atoms with Gasteiger partial charge in [-0.3, -0.25) is 4.79 Å². The number of amides is 1. The fraction of sp³-hybridized carbons (Fsp3) is 0.429. The Kier molecular flexibility index (Phi) is 3.92. The molecule has 7 nitrogen and oxygen atoms in total. The Morgan fingerprint density at radius 2 is 2.00 bits per heavy atom. The van der Waals surface area contributed by atoms with Crippen LogP contribution in [0.5, 0.6) is 0 Å². The summed E-state index contributed by atoms with van der Waals surface area (Å²) >= 11 is 0. The normalized spacial score (nSPS) is 16.8. The van der Waals surface area contributed by atoms with E-state index in [9.17, 15) is 4.79 Å². The molecular weight excluding hydrogens is 268 g/mol. The molecule has 1 aromatic heterocycles. The van der Waals surface area contributed by atoms with Crippen LogP contribution in [0, 0.1) is 0 Å². The summed E-state index contributed by atoms with van der Waals surface area (Å²) in [4.78, 5) is 14.5. The van der Waals surface area contributed by atoms with Gasteiger partial charge in [0.15, 0.2) is 0 Å². The average molecular weight is 286 g/mol. The number of hydrogen-bond acceptors (Lipinski definition) is 5. The summed E-state index contributed by atoms with van der Waals surface area (Å²) in [7, 11) is 2.11. The minimum atomic E-state index is -0.0239. The van der Waals surface area contributed by atoms with Crippen molar-refractivity contribution in [3.05, 3.63) is 29.8 Å². The Hall–Kier alpha value is -2.28. The molecule has 1 aromatic carbocycles. The molecule has 7 heteroatoms. The first-order chi connectivity index (χ1) is 10.2. The van der Waals surface area contributed by atoms with Crippen molar-refractivity contribution >= 4 is 5.91 Å². The number of benzene rings is 1. The molecule has 2 heterocycles. The maximum Gasteiger partial charge on any atom is 0.251 e. The van der Waals surface area contributed by atoms with Crippen molar-refractivity contribution in [1.29, 1.82) is 0 Å². The fourth-order valence-corrected chi connectivity index (χ4v) is 2.48. The van der Waals surface area contributed by atoms with Crippen molar-refractivity contribution in [2.45, 2.75) is 18.9 Å². The average Bonchev–Trinajstić information content (AvgIpc) is 3.04. The number of likely N-dealkylation sites (tertiary alicyclic amines) is 1. The van der Waals surface area contributed by atoms with Crippen LogP contribution in [0.4, 0.5) is 0 Å². The molecule has 0 radical (unpaired) electrons. The van der Waals surface area contributed by atoms with Gasteiger partial charge in [0.25, 0.3) is 5.91 Å². The summed E-state index contributed by atoms with van der Waals surface area (Å²) < 4.78 is 0. The van der Waals surface area contributed by atoms with Crippen molar-refractivity contribution in [2.75, 3.05) is 20.1 Å². The van der Waals surface area contributed by atoms with Gasteiger partial charge in [-0.25, -0.2) is 0 Å². The van der Waals surface area contributed by atoms with Crippen LogP contribution in [0.1, 0.15) is 23.2 Å². The number of tetrazole rings is 1. The van der Waals surface area contributed by atoms with Crippen molar-refractivity contribution < 1.29 is 4.79 Å². The van der Waals surface area contributed by atoms with E-state index in [0.29, 0.717) is 11.4 Å². The molecule has 0 aliphatic carbocycles. The lowest BCUT2D eigenvalue weighted by molar-refractivity contribution is 0.0917. The van der Waals surface area contributed by atoms with E-state index in [-0.39, 0.29) is 11.9 Å². The largest absolute Gasteiger partial charge is 0.349 e. The number of aromatic nitrogens is 4. The number of piperidine rings is 1. The topological polar surface area (TPSA) is 86.8 Å². The molecule has 0 saturated carbocycles. The summed E-state index contributed by atoms with van der Waals surface area (Å²) in [5.41, 5.74) is 1.49. The summed E-state index contributed by atoms with van der Waals surface area (Å²) in [6, 6.07) is 7.50. The zero-order valence-corrected chi connectivity index (χ0v) is 11.9. The smallest absolute Gasteiger partial charge is 0.251 e. The molecule has 21 heavy (non-hydrogen) atoms. The Labute approximate surface area is 122 Å². The van der Waals surface area contributed by atoms with E-state index in [0.717, 1.165) is 31.5 Å². The van der Waals surface area contributed by atoms with E-state index in [2.05, 4.69) is 37.9 Å². The second-order valence-corrected chi connectivity index (χ2v) is 5.36. The maximum atomic E-state index is 12.2. The van der Waals surface area contributed by atoms with Crippen LogP contribution in [0.25, 0.3) is 11.4 Å². The van der Waals surface area contributed by atoms with E-state index in [1.165, 1.54) is 0 Å². The van der Waals surface area contributed by atoms with E-state index < -0.39 is 0 Å². The number of H-pyrrole nitrogens is 1. The highest BCUT2D eigenvalue weighted by molar-refractivity contribution is 5.94. The van der Waals surface area contributed by atoms with Gasteiger partial charge in [0.1, 0.15) is 0 Å². The molecule has 1 saturated heterocycles. The first-order valence-corrected chi connectivity index (χ1v) is 7.05. The summed E-state index contributed by atoms with van der Waals surface area (Å²) in [6.45, 7) is 2.06. The first kappa shape index (κ1) is 13.7. The van der Waals surface area contributed by atoms with Gasteiger partial charge in [-0.1, -0.05) is 12.1 Å². The van der Waals surface area contributed by atoms with Gasteiger partial charge in [-0.05, 0) is 50.3 Å². The minimum Gasteiger partial charge on any atom is -0.349 e. The standard InChI is InChI=1S/C14H18N6O/c1-20-8-6-12(7-9-20)15-14(21)11-4-2-10(3-5-11)13-16-18-19-17-13/h2-5,12H,6-9H2,1H3,(H,15,21)(H,16,17,18,19). The zero-order chi connectivity index (χ0) is 14.7. The van der Waals surface area contributed by atoms with E-state index in [4.69, 9.17) is 0 Å². The van der Waals surface area contributed by atoms with Crippen LogP contribution in [-0.2, 0) is 0 Å². The summed E-state index contributed by atoms with van der Waals surface area (Å²) in [5, 5.41) is 16.8. The number of nitrogens with zero attached hydrogens (tertiary/aromatic N) is 4. The monoisotopic (exact) mass is 286 g/mol. The Morgan fingerprint density at radius 1 is 1.29 bits per heavy atom. The molecule has 2 N–H and O–H groups in total. The fourth-order valence-electron chi connectivity index (χ4n) is 2.48. The highest BCUT2D eigenvalue weighted by atomic mass is 16.1. The van der Waals surface area contributed by atoms with E-state index >= 15 is 0 Å². The molecule has 2 aromatic rings. The first-order valence-electron chi connectivity index (χ1n) is 7.05. The highest BCUT2D eigenvalue weighted by Gasteiger charge is 2.19. The molecule has 1 amide bonds. The molecule has 1 aliphatic rings. The number of carbonyl (C=O) groups excluding carboxylic acids is 1. The van der Waals surface area contributed by atoms with Crippen LogP contribution in [0.2, 0.25) is 0 Å². The SMILES string of the molecule is CN1CCC(NC(=O)c2ccc(-c3nn[nH]n3)cc2)CC1. The van der Waals surface area contributed by atoms with Crippen molar-refractivity contribution in [3.8, 4) is 11.4 Å². The number of nitrogens with one attached hydrogen (secondary N) is 2. The van der Waals surface area contributed by atoms with Gasteiger partial charge in [0.2, 0.25) is 5.82 Å². The van der Waals surface area contributed by atoms with Crippen molar-refractivity contribution in [3.63, 3.8) is 0 Å². The lowest BCUT2D eigenvalue weighted by atomic mass is 10.0. The molecule has 0 spiro atoms. The van der Waals surface area contributed by atoms with Crippen LogP contribution in [-0.4, -0.2) is 57.6 Å². The molecule has 3 rings (SSSR count). The second kappa shape index (κ2) is 6.01. The maximum absolute atomic E-state index is 12.2. The highest BCUT2D eigenvalue weighted by Crippen LogP contribution is 2.15. The predicted molar refractivity (Wildman–Crippen MR) is 77.6 cm³/mol. The van der Waals surface area contributed by atoms with Gasteiger partial charge in [-0.15, -0.1) is 10.2 Å².